The van der Waals surface area contributed by atoms with E-state index in [9.17, 15) is 0 Å². The Bertz CT molecular complexity index is 1320. The molecular weight excluding hydrogens is 330 g/mol. The molecule has 0 fully saturated rings. The van der Waals surface area contributed by atoms with Crippen LogP contribution in [-0.4, -0.2) is 19.6 Å². The molecule has 2 aromatic carbocycles. The lowest BCUT2D eigenvalue weighted by Crippen LogP contribution is -2.13. The van der Waals surface area contributed by atoms with Gasteiger partial charge < -0.3 is 0 Å². The standard InChI is InChI=1S/C19H13N5S/c1-11-6-8-12(9-7-11)17-22-23-19-24(17)16(20)14-10-13-4-2-3-5-15(13)21-18(14)25-19/h2-10,20H,1H3. The van der Waals surface area contributed by atoms with Gasteiger partial charge in [-0.1, -0.05) is 59.4 Å². The molecular formula is C19H13N5S. The third-order valence-electron chi connectivity index (χ3n) is 4.30. The average molecular weight is 343 g/mol. The summed E-state index contributed by atoms with van der Waals surface area (Å²) in [6, 6.07) is 18.1. The highest BCUT2D eigenvalue weighted by atomic mass is 32.1. The zero-order valence-electron chi connectivity index (χ0n) is 13.4. The monoisotopic (exact) mass is 343 g/mol. The summed E-state index contributed by atoms with van der Waals surface area (Å²) in [4.78, 5) is 6.18. The summed E-state index contributed by atoms with van der Waals surface area (Å²) < 4.78 is 1.80. The Morgan fingerprint density at radius 3 is 2.64 bits per heavy atom. The van der Waals surface area contributed by atoms with Crippen LogP contribution in [0.1, 0.15) is 5.56 Å². The Morgan fingerprint density at radius 2 is 1.80 bits per heavy atom. The molecule has 5 aromatic rings. The minimum atomic E-state index is 0.363. The predicted molar refractivity (Wildman–Crippen MR) is 99.7 cm³/mol. The highest BCUT2D eigenvalue weighted by Crippen LogP contribution is 2.25. The molecule has 3 heterocycles. The first-order chi connectivity index (χ1) is 12.2. The Labute approximate surface area is 146 Å². The van der Waals surface area contributed by atoms with E-state index in [4.69, 9.17) is 10.4 Å². The Balaban J connectivity index is 1.88. The summed E-state index contributed by atoms with van der Waals surface area (Å²) >= 11 is 1.46. The van der Waals surface area contributed by atoms with Crippen LogP contribution in [0.25, 0.3) is 37.5 Å². The molecule has 0 aliphatic rings. The molecule has 5 nitrogen and oxygen atoms in total. The highest BCUT2D eigenvalue weighted by Gasteiger charge is 2.13. The number of aryl methyl sites for hydroxylation is 1. The number of rotatable bonds is 1. The van der Waals surface area contributed by atoms with E-state index in [-0.39, 0.29) is 0 Å². The average Bonchev–Trinajstić information content (AvgIpc) is 3.05. The summed E-state index contributed by atoms with van der Waals surface area (Å²) in [5, 5.41) is 19.1. The maximum absolute atomic E-state index is 8.71. The third kappa shape index (κ3) is 2.15. The van der Waals surface area contributed by atoms with Gasteiger partial charge in [-0.25, -0.2) is 9.38 Å². The normalized spacial score (nSPS) is 11.6. The van der Waals surface area contributed by atoms with Gasteiger partial charge in [-0.3, -0.25) is 5.41 Å². The van der Waals surface area contributed by atoms with E-state index in [1.165, 1.54) is 16.9 Å². The molecule has 0 unspecified atom stereocenters. The van der Waals surface area contributed by atoms with Crippen LogP contribution in [0.15, 0.2) is 54.6 Å². The fourth-order valence-electron chi connectivity index (χ4n) is 2.98. The maximum atomic E-state index is 8.71. The van der Waals surface area contributed by atoms with E-state index in [1.807, 2.05) is 61.5 Å². The van der Waals surface area contributed by atoms with Gasteiger partial charge in [-0.05, 0) is 19.1 Å². The molecule has 0 aliphatic carbocycles. The van der Waals surface area contributed by atoms with Crippen LogP contribution in [0.4, 0.5) is 0 Å². The first kappa shape index (κ1) is 14.2. The molecule has 0 spiro atoms. The first-order valence-electron chi connectivity index (χ1n) is 7.90. The van der Waals surface area contributed by atoms with Gasteiger partial charge in [0.25, 0.3) is 0 Å². The van der Waals surface area contributed by atoms with Crippen molar-refractivity contribution in [3.63, 3.8) is 0 Å². The smallest absolute Gasteiger partial charge is 0.220 e. The highest BCUT2D eigenvalue weighted by molar-refractivity contribution is 7.22. The third-order valence-corrected chi connectivity index (χ3v) is 5.25. The van der Waals surface area contributed by atoms with Crippen molar-refractivity contribution in [1.82, 2.24) is 19.6 Å². The van der Waals surface area contributed by atoms with Crippen molar-refractivity contribution >= 4 is 37.4 Å². The lowest BCUT2D eigenvalue weighted by Gasteiger charge is -2.04. The number of nitrogens with one attached hydrogen (secondary N) is 1. The fourth-order valence-corrected chi connectivity index (χ4v) is 3.91. The summed E-state index contributed by atoms with van der Waals surface area (Å²) in [6.07, 6.45) is 0. The van der Waals surface area contributed by atoms with Crippen molar-refractivity contribution in [3.05, 3.63) is 65.6 Å². The second kappa shape index (κ2) is 5.19. The number of hydrogen-bond acceptors (Lipinski definition) is 5. The van der Waals surface area contributed by atoms with Crippen molar-refractivity contribution < 1.29 is 0 Å². The molecule has 6 heteroatoms. The van der Waals surface area contributed by atoms with E-state index in [0.717, 1.165) is 26.7 Å². The zero-order chi connectivity index (χ0) is 17.0. The van der Waals surface area contributed by atoms with Gasteiger partial charge in [0.05, 0.1) is 10.9 Å². The van der Waals surface area contributed by atoms with Crippen LogP contribution >= 0.6 is 11.3 Å². The number of pyridine rings is 1. The van der Waals surface area contributed by atoms with Crippen LogP contribution in [0.5, 0.6) is 0 Å². The van der Waals surface area contributed by atoms with Gasteiger partial charge in [-0.2, -0.15) is 0 Å². The van der Waals surface area contributed by atoms with E-state index in [2.05, 4.69) is 10.2 Å². The van der Waals surface area contributed by atoms with E-state index in [1.54, 1.807) is 4.40 Å². The summed E-state index contributed by atoms with van der Waals surface area (Å²) in [6.45, 7) is 2.05. The van der Waals surface area contributed by atoms with Crippen LogP contribution in [0.2, 0.25) is 0 Å². The molecule has 25 heavy (non-hydrogen) atoms. The molecule has 3 aromatic heterocycles. The van der Waals surface area contributed by atoms with Gasteiger partial charge in [0, 0.05) is 10.9 Å². The number of nitrogens with zero attached hydrogens (tertiary/aromatic N) is 4. The molecule has 5 rings (SSSR count). The minimum Gasteiger partial charge on any atom is -0.283 e. The van der Waals surface area contributed by atoms with Crippen molar-refractivity contribution in [2.45, 2.75) is 6.92 Å². The number of benzene rings is 2. The van der Waals surface area contributed by atoms with Crippen LogP contribution in [0.3, 0.4) is 0 Å². The summed E-state index contributed by atoms with van der Waals surface area (Å²) in [7, 11) is 0. The molecule has 0 saturated carbocycles. The van der Waals surface area contributed by atoms with E-state index >= 15 is 0 Å². The molecule has 0 amide bonds. The van der Waals surface area contributed by atoms with Crippen LogP contribution < -0.4 is 5.49 Å². The lowest BCUT2D eigenvalue weighted by molar-refractivity contribution is 1.04. The van der Waals surface area contributed by atoms with Crippen molar-refractivity contribution in [1.29, 1.82) is 5.41 Å². The van der Waals surface area contributed by atoms with E-state index in [0.29, 0.717) is 16.3 Å². The molecule has 0 aliphatic heterocycles. The number of hydrogen-bond donors (Lipinski definition) is 1. The second-order valence-corrected chi connectivity index (χ2v) is 6.95. The topological polar surface area (TPSA) is 66.9 Å². The van der Waals surface area contributed by atoms with Gasteiger partial charge in [0.1, 0.15) is 10.3 Å². The van der Waals surface area contributed by atoms with Gasteiger partial charge in [-0.15, -0.1) is 10.2 Å². The quantitative estimate of drug-likeness (QED) is 0.469. The largest absolute Gasteiger partial charge is 0.283 e. The van der Waals surface area contributed by atoms with Gasteiger partial charge >= 0.3 is 0 Å². The maximum Gasteiger partial charge on any atom is 0.220 e. The van der Waals surface area contributed by atoms with Crippen molar-refractivity contribution in [2.24, 2.45) is 0 Å². The molecule has 0 saturated heterocycles. The second-order valence-electron chi connectivity index (χ2n) is 5.99. The Hall–Kier alpha value is -3.12. The first-order valence-corrected chi connectivity index (χ1v) is 8.72. The van der Waals surface area contributed by atoms with E-state index < -0.39 is 0 Å². The number of aromatic nitrogens is 4. The van der Waals surface area contributed by atoms with Crippen LogP contribution in [-0.2, 0) is 0 Å². The van der Waals surface area contributed by atoms with Crippen molar-refractivity contribution in [3.8, 4) is 11.4 Å². The molecule has 0 atom stereocenters. The predicted octanol–water partition coefficient (Wildman–Crippen LogP) is 3.95. The molecule has 0 bridgehead atoms. The SMILES string of the molecule is Cc1ccc(-c2nnc3sc4nc5ccccc5cc4c(=N)n23)cc1. The van der Waals surface area contributed by atoms with Gasteiger partial charge in [0.2, 0.25) is 4.96 Å². The van der Waals surface area contributed by atoms with Gasteiger partial charge in [0.15, 0.2) is 5.82 Å². The molecule has 1 N–H and O–H groups in total. The minimum absolute atomic E-state index is 0.363. The number of fused-ring (bicyclic) bond motifs is 3. The van der Waals surface area contributed by atoms with Crippen LogP contribution in [0, 0.1) is 12.3 Å². The lowest BCUT2D eigenvalue weighted by atomic mass is 10.1. The fraction of sp³-hybridized carbons (Fsp3) is 0.0526. The Morgan fingerprint density at radius 1 is 1.00 bits per heavy atom. The Kier molecular flexibility index (Phi) is 2.96. The molecule has 120 valence electrons. The summed E-state index contributed by atoms with van der Waals surface area (Å²) in [5.74, 6) is 0.686. The summed E-state index contributed by atoms with van der Waals surface area (Å²) in [5.41, 5.74) is 3.43. The molecule has 0 radical (unpaired) electrons. The zero-order valence-corrected chi connectivity index (χ0v) is 14.2. The number of para-hydroxylation sites is 1. The van der Waals surface area contributed by atoms with Crippen molar-refractivity contribution in [2.75, 3.05) is 0 Å².